The second-order valence-corrected chi connectivity index (χ2v) is 7.80. The number of hydrogen-bond acceptors (Lipinski definition) is 6. The van der Waals surface area contributed by atoms with Gasteiger partial charge >= 0.3 is 0 Å². The van der Waals surface area contributed by atoms with Crippen LogP contribution in [0.1, 0.15) is 28.6 Å². The number of Topliss-reactive ketones (excluding diaryl/α,β-unsaturated/α-hetero) is 1. The number of aryl methyl sites for hydroxylation is 2. The number of ketones is 1. The van der Waals surface area contributed by atoms with Gasteiger partial charge in [0, 0.05) is 29.1 Å². The van der Waals surface area contributed by atoms with Crippen LogP contribution < -0.4 is 5.32 Å². The van der Waals surface area contributed by atoms with E-state index in [1.54, 1.807) is 48.9 Å². The molecule has 0 aliphatic carbocycles. The summed E-state index contributed by atoms with van der Waals surface area (Å²) in [6.07, 6.45) is 3.04. The maximum Gasteiger partial charge on any atom is 0.224 e. The monoisotopic (exact) mass is 400 g/mol. The summed E-state index contributed by atoms with van der Waals surface area (Å²) in [5.74, 6) is 0.255. The van der Waals surface area contributed by atoms with E-state index in [1.807, 2.05) is 10.6 Å². The molecule has 1 N–H and O–H groups in total. The number of nitrogens with zero attached hydrogens (tertiary/aromatic N) is 3. The molecule has 0 aliphatic heterocycles. The first kappa shape index (κ1) is 19.3. The Morgan fingerprint density at radius 3 is 2.74 bits per heavy atom. The lowest BCUT2D eigenvalue weighted by atomic mass is 10.1. The summed E-state index contributed by atoms with van der Waals surface area (Å²) in [5, 5.41) is 13.7. The highest BCUT2D eigenvalue weighted by Crippen LogP contribution is 2.19. The van der Waals surface area contributed by atoms with Crippen LogP contribution in [0.25, 0.3) is 0 Å². The first-order valence-corrected chi connectivity index (χ1v) is 10.5. The molecule has 1 amide bonds. The second kappa shape index (κ2) is 9.48. The molecule has 0 aliphatic rings. The molecule has 0 fully saturated rings. The van der Waals surface area contributed by atoms with Gasteiger partial charge in [0.2, 0.25) is 5.91 Å². The molecule has 0 unspecified atom stereocenters. The average Bonchev–Trinajstić information content (AvgIpc) is 3.36. The zero-order chi connectivity index (χ0) is 19.1. The molecule has 0 saturated carbocycles. The van der Waals surface area contributed by atoms with Crippen molar-refractivity contribution < 1.29 is 9.59 Å². The van der Waals surface area contributed by atoms with Crippen LogP contribution in [-0.4, -0.2) is 32.2 Å². The van der Waals surface area contributed by atoms with Crippen LogP contribution in [0.4, 0.5) is 5.69 Å². The third-order valence-electron chi connectivity index (χ3n) is 3.90. The Bertz CT molecular complexity index is 889. The van der Waals surface area contributed by atoms with Crippen molar-refractivity contribution in [3.05, 3.63) is 58.5 Å². The molecule has 0 atom stereocenters. The molecule has 8 heteroatoms. The van der Waals surface area contributed by atoms with Crippen molar-refractivity contribution in [1.82, 2.24) is 14.8 Å². The van der Waals surface area contributed by atoms with E-state index < -0.39 is 0 Å². The number of thiophene rings is 1. The van der Waals surface area contributed by atoms with Gasteiger partial charge in [-0.1, -0.05) is 24.8 Å². The Hall–Kier alpha value is -2.45. The normalized spacial score (nSPS) is 10.7. The lowest BCUT2D eigenvalue weighted by Crippen LogP contribution is -2.10. The summed E-state index contributed by atoms with van der Waals surface area (Å²) in [4.78, 5) is 25.1. The van der Waals surface area contributed by atoms with Gasteiger partial charge in [-0.05, 0) is 42.1 Å². The van der Waals surface area contributed by atoms with E-state index in [-0.39, 0.29) is 11.7 Å². The summed E-state index contributed by atoms with van der Waals surface area (Å²) in [6.45, 7) is 2.58. The van der Waals surface area contributed by atoms with Crippen LogP contribution >= 0.6 is 23.1 Å². The van der Waals surface area contributed by atoms with Crippen LogP contribution in [0, 0.1) is 0 Å². The van der Waals surface area contributed by atoms with Gasteiger partial charge in [-0.2, -0.15) is 0 Å². The quantitative estimate of drug-likeness (QED) is 0.435. The molecular weight excluding hydrogens is 380 g/mol. The predicted octanol–water partition coefficient (Wildman–Crippen LogP) is 3.91. The molecule has 1 aromatic carbocycles. The molecule has 140 valence electrons. The number of rotatable bonds is 9. The summed E-state index contributed by atoms with van der Waals surface area (Å²) in [5.41, 5.74) is 1.31. The third-order valence-corrected chi connectivity index (χ3v) is 5.82. The highest BCUT2D eigenvalue weighted by atomic mass is 32.2. The fraction of sp³-hybridized carbons (Fsp3) is 0.263. The standard InChI is InChI=1S/C19H20N4O2S2/c1-2-18(25)21-15-7-5-14(6-8-15)17(24)12-27-19-22-20-13-23(19)10-9-16-4-3-11-26-16/h3-8,11,13H,2,9-10,12H2,1H3,(H,21,25). The van der Waals surface area contributed by atoms with E-state index in [2.05, 4.69) is 27.0 Å². The van der Waals surface area contributed by atoms with Crippen molar-refractivity contribution in [3.63, 3.8) is 0 Å². The Labute approximate surface area is 166 Å². The van der Waals surface area contributed by atoms with Gasteiger partial charge in [0.15, 0.2) is 10.9 Å². The van der Waals surface area contributed by atoms with Gasteiger partial charge in [-0.25, -0.2) is 0 Å². The molecule has 3 aromatic rings. The van der Waals surface area contributed by atoms with E-state index in [0.717, 1.165) is 18.1 Å². The van der Waals surface area contributed by atoms with Crippen LogP contribution in [-0.2, 0) is 17.8 Å². The van der Waals surface area contributed by atoms with Crippen LogP contribution in [0.3, 0.4) is 0 Å². The minimum absolute atomic E-state index is 0.0150. The van der Waals surface area contributed by atoms with E-state index in [9.17, 15) is 9.59 Å². The van der Waals surface area contributed by atoms with Gasteiger partial charge in [-0.3, -0.25) is 9.59 Å². The Morgan fingerprint density at radius 2 is 2.04 bits per heavy atom. The first-order chi connectivity index (χ1) is 13.2. The maximum atomic E-state index is 12.4. The zero-order valence-electron chi connectivity index (χ0n) is 14.9. The summed E-state index contributed by atoms with van der Waals surface area (Å²) in [7, 11) is 0. The number of benzene rings is 1. The summed E-state index contributed by atoms with van der Waals surface area (Å²) < 4.78 is 1.97. The zero-order valence-corrected chi connectivity index (χ0v) is 16.6. The topological polar surface area (TPSA) is 76.9 Å². The highest BCUT2D eigenvalue weighted by molar-refractivity contribution is 7.99. The van der Waals surface area contributed by atoms with Crippen molar-refractivity contribution in [3.8, 4) is 0 Å². The first-order valence-electron chi connectivity index (χ1n) is 8.62. The van der Waals surface area contributed by atoms with E-state index >= 15 is 0 Å². The number of carbonyl (C=O) groups excluding carboxylic acids is 2. The molecule has 2 aromatic heterocycles. The van der Waals surface area contributed by atoms with Crippen molar-refractivity contribution in [2.24, 2.45) is 0 Å². The molecule has 6 nitrogen and oxygen atoms in total. The Morgan fingerprint density at radius 1 is 1.22 bits per heavy atom. The number of nitrogens with one attached hydrogen (secondary N) is 1. The molecule has 0 radical (unpaired) electrons. The fourth-order valence-corrected chi connectivity index (χ4v) is 3.93. The van der Waals surface area contributed by atoms with Crippen molar-refractivity contribution in [2.45, 2.75) is 31.5 Å². The van der Waals surface area contributed by atoms with Gasteiger partial charge in [0.25, 0.3) is 0 Å². The van der Waals surface area contributed by atoms with Gasteiger partial charge in [-0.15, -0.1) is 21.5 Å². The van der Waals surface area contributed by atoms with Gasteiger partial charge < -0.3 is 9.88 Å². The highest BCUT2D eigenvalue weighted by Gasteiger charge is 2.11. The third kappa shape index (κ3) is 5.51. The minimum Gasteiger partial charge on any atom is -0.326 e. The molecule has 27 heavy (non-hydrogen) atoms. The lowest BCUT2D eigenvalue weighted by Gasteiger charge is -2.06. The van der Waals surface area contributed by atoms with Crippen LogP contribution in [0.2, 0.25) is 0 Å². The number of amides is 1. The lowest BCUT2D eigenvalue weighted by molar-refractivity contribution is -0.115. The van der Waals surface area contributed by atoms with Crippen molar-refractivity contribution in [1.29, 1.82) is 0 Å². The number of hydrogen-bond donors (Lipinski definition) is 1. The van der Waals surface area contributed by atoms with E-state index in [0.29, 0.717) is 23.4 Å². The SMILES string of the molecule is CCC(=O)Nc1ccc(C(=O)CSc2nncn2CCc2cccs2)cc1. The number of anilines is 1. The van der Waals surface area contributed by atoms with Crippen LogP contribution in [0.5, 0.6) is 0 Å². The number of aromatic nitrogens is 3. The summed E-state index contributed by atoms with van der Waals surface area (Å²) in [6, 6.07) is 11.1. The van der Waals surface area contributed by atoms with E-state index in [4.69, 9.17) is 0 Å². The molecule has 0 spiro atoms. The van der Waals surface area contributed by atoms with E-state index in [1.165, 1.54) is 16.6 Å². The Kier molecular flexibility index (Phi) is 6.78. The van der Waals surface area contributed by atoms with Crippen LogP contribution in [0.15, 0.2) is 53.3 Å². The molecule has 2 heterocycles. The molecule has 0 saturated heterocycles. The second-order valence-electron chi connectivity index (χ2n) is 5.83. The molecule has 0 bridgehead atoms. The smallest absolute Gasteiger partial charge is 0.224 e. The number of carbonyl (C=O) groups is 2. The minimum atomic E-state index is -0.0495. The Balaban J connectivity index is 1.53. The summed E-state index contributed by atoms with van der Waals surface area (Å²) >= 11 is 3.12. The van der Waals surface area contributed by atoms with Crippen molar-refractivity contribution in [2.75, 3.05) is 11.1 Å². The maximum absolute atomic E-state index is 12.4. The fourth-order valence-electron chi connectivity index (χ4n) is 2.40. The van der Waals surface area contributed by atoms with Gasteiger partial charge in [0.1, 0.15) is 6.33 Å². The largest absolute Gasteiger partial charge is 0.326 e. The number of thioether (sulfide) groups is 1. The van der Waals surface area contributed by atoms with Gasteiger partial charge in [0.05, 0.1) is 5.75 Å². The molecular formula is C19H20N4O2S2. The predicted molar refractivity (Wildman–Crippen MR) is 108 cm³/mol. The molecule has 3 rings (SSSR count). The van der Waals surface area contributed by atoms with Crippen molar-refractivity contribution >= 4 is 40.5 Å². The average molecular weight is 401 g/mol.